The number of aryl methyl sites for hydroxylation is 1. The van der Waals surface area contributed by atoms with E-state index in [-0.39, 0.29) is 22.3 Å². The van der Waals surface area contributed by atoms with Crippen LogP contribution in [-0.4, -0.2) is 33.2 Å². The van der Waals surface area contributed by atoms with E-state index in [9.17, 15) is 8.42 Å². The van der Waals surface area contributed by atoms with Gasteiger partial charge in [0.25, 0.3) is 0 Å². The van der Waals surface area contributed by atoms with Gasteiger partial charge in [0.1, 0.15) is 17.4 Å². The summed E-state index contributed by atoms with van der Waals surface area (Å²) in [7, 11) is 0.0328. The number of hydrogen-bond donors (Lipinski definition) is 1. The monoisotopic (exact) mass is 380 g/mol. The van der Waals surface area contributed by atoms with Crippen LogP contribution in [0.3, 0.4) is 0 Å². The molecular formula is C18H21ClN2O3S. The normalized spacial score (nSPS) is 11.3. The maximum atomic E-state index is 12.9. The number of halogens is 1. The van der Waals surface area contributed by atoms with E-state index in [2.05, 4.69) is 5.32 Å². The van der Waals surface area contributed by atoms with E-state index in [4.69, 9.17) is 4.74 Å². The van der Waals surface area contributed by atoms with Crippen LogP contribution < -0.4 is 10.1 Å². The number of hydrogen-bond acceptors (Lipinski definition) is 4. The Labute approximate surface area is 153 Å². The van der Waals surface area contributed by atoms with Gasteiger partial charge in [0.05, 0.1) is 10.4 Å². The number of benzene rings is 2. The predicted molar refractivity (Wildman–Crippen MR) is 101 cm³/mol. The van der Waals surface area contributed by atoms with E-state index in [1.807, 2.05) is 25.2 Å². The van der Waals surface area contributed by atoms with Crippen LogP contribution in [0.4, 0.5) is 0 Å². The second-order valence-electron chi connectivity index (χ2n) is 5.50. The van der Waals surface area contributed by atoms with Crippen LogP contribution in [0.1, 0.15) is 0 Å². The topological polar surface area (TPSA) is 60.3 Å². The van der Waals surface area contributed by atoms with Gasteiger partial charge in [-0.1, -0.05) is 30.3 Å². The van der Waals surface area contributed by atoms with Crippen LogP contribution >= 0.6 is 12.4 Å². The highest BCUT2D eigenvalue weighted by molar-refractivity contribution is 7.91. The van der Waals surface area contributed by atoms with Crippen LogP contribution in [0.5, 0.6) is 5.75 Å². The van der Waals surface area contributed by atoms with Crippen LogP contribution in [-0.2, 0) is 16.9 Å². The summed E-state index contributed by atoms with van der Waals surface area (Å²) in [4.78, 5) is 0.286. The summed E-state index contributed by atoms with van der Waals surface area (Å²) in [6, 6.07) is 15.8. The SMILES string of the molecule is CNCCOc1cccc2cc(S(=O)(=O)c3ccccc3)n(C)c12.Cl. The van der Waals surface area contributed by atoms with Gasteiger partial charge in [-0.3, -0.25) is 0 Å². The molecule has 0 aliphatic carbocycles. The number of sulfone groups is 1. The molecule has 3 aromatic rings. The van der Waals surface area contributed by atoms with E-state index in [0.29, 0.717) is 12.4 Å². The highest BCUT2D eigenvalue weighted by atomic mass is 35.5. The first kappa shape index (κ1) is 19.3. The van der Waals surface area contributed by atoms with Gasteiger partial charge in [0.2, 0.25) is 9.84 Å². The fourth-order valence-electron chi connectivity index (χ4n) is 2.71. The molecule has 0 bridgehead atoms. The van der Waals surface area contributed by atoms with Crippen molar-refractivity contribution in [2.75, 3.05) is 20.2 Å². The Morgan fingerprint density at radius 2 is 1.80 bits per heavy atom. The summed E-state index contributed by atoms with van der Waals surface area (Å²) >= 11 is 0. The quantitative estimate of drug-likeness (QED) is 0.668. The molecule has 0 aliphatic heterocycles. The third kappa shape index (κ3) is 3.66. The average Bonchev–Trinajstić information content (AvgIpc) is 2.94. The van der Waals surface area contributed by atoms with E-state index in [1.165, 1.54) is 0 Å². The lowest BCUT2D eigenvalue weighted by Crippen LogP contribution is -2.16. The number of likely N-dealkylation sites (N-methyl/N-ethyl adjacent to an activating group) is 1. The number of fused-ring (bicyclic) bond motifs is 1. The zero-order chi connectivity index (χ0) is 17.2. The highest BCUT2D eigenvalue weighted by Gasteiger charge is 2.23. The predicted octanol–water partition coefficient (Wildman–Crippen LogP) is 3.03. The number of aromatic nitrogens is 1. The van der Waals surface area contributed by atoms with E-state index < -0.39 is 9.84 Å². The Kier molecular flexibility index (Phi) is 6.11. The van der Waals surface area contributed by atoms with Gasteiger partial charge < -0.3 is 14.6 Å². The summed E-state index contributed by atoms with van der Waals surface area (Å²) in [5.74, 6) is 0.680. The third-order valence-electron chi connectivity index (χ3n) is 3.91. The van der Waals surface area contributed by atoms with Crippen molar-refractivity contribution in [2.24, 2.45) is 7.05 Å². The van der Waals surface area contributed by atoms with Crippen molar-refractivity contribution in [3.63, 3.8) is 0 Å². The Hall–Kier alpha value is -2.02. The van der Waals surface area contributed by atoms with Crippen LogP contribution in [0.25, 0.3) is 10.9 Å². The van der Waals surface area contributed by atoms with Gasteiger partial charge in [0, 0.05) is 19.0 Å². The summed E-state index contributed by atoms with van der Waals surface area (Å²) in [6.07, 6.45) is 0. The number of nitrogens with one attached hydrogen (secondary N) is 1. The van der Waals surface area contributed by atoms with Gasteiger partial charge >= 0.3 is 0 Å². The van der Waals surface area contributed by atoms with Crippen molar-refractivity contribution in [2.45, 2.75) is 9.92 Å². The third-order valence-corrected chi connectivity index (χ3v) is 5.75. The summed E-state index contributed by atoms with van der Waals surface area (Å²) in [5, 5.41) is 4.12. The van der Waals surface area contributed by atoms with E-state index in [1.54, 1.807) is 48.0 Å². The Morgan fingerprint density at radius 1 is 1.08 bits per heavy atom. The fraction of sp³-hybridized carbons (Fsp3) is 0.222. The molecule has 0 aliphatic rings. The van der Waals surface area contributed by atoms with Gasteiger partial charge in [0.15, 0.2) is 0 Å². The molecule has 25 heavy (non-hydrogen) atoms. The van der Waals surface area contributed by atoms with Crippen molar-refractivity contribution < 1.29 is 13.2 Å². The van der Waals surface area contributed by atoms with Gasteiger partial charge in [-0.15, -0.1) is 12.4 Å². The van der Waals surface area contributed by atoms with Crippen molar-refractivity contribution in [1.82, 2.24) is 9.88 Å². The molecule has 3 rings (SSSR count). The average molecular weight is 381 g/mol. The first-order chi connectivity index (χ1) is 11.6. The van der Waals surface area contributed by atoms with Crippen LogP contribution in [0, 0.1) is 0 Å². The molecule has 0 atom stereocenters. The van der Waals surface area contributed by atoms with E-state index >= 15 is 0 Å². The Balaban J connectivity index is 0.00000225. The zero-order valence-electron chi connectivity index (χ0n) is 14.1. The molecule has 1 N–H and O–H groups in total. The number of nitrogens with zero attached hydrogens (tertiary/aromatic N) is 1. The second-order valence-corrected chi connectivity index (χ2v) is 7.40. The minimum Gasteiger partial charge on any atom is -0.490 e. The minimum absolute atomic E-state index is 0. The standard InChI is InChI=1S/C18H20N2O3S.ClH/c1-19-11-12-23-16-10-6-7-14-13-17(20(2)18(14)16)24(21,22)15-8-4-3-5-9-15;/h3-10,13,19H,11-12H2,1-2H3;1H. The van der Waals surface area contributed by atoms with Crippen molar-refractivity contribution >= 4 is 33.1 Å². The fourth-order valence-corrected chi connectivity index (χ4v) is 4.20. The second kappa shape index (κ2) is 7.91. The van der Waals surface area contributed by atoms with Crippen molar-refractivity contribution in [3.8, 4) is 5.75 Å². The Bertz CT molecular complexity index is 953. The lowest BCUT2D eigenvalue weighted by Gasteiger charge is -2.10. The maximum Gasteiger partial charge on any atom is 0.222 e. The van der Waals surface area contributed by atoms with Gasteiger partial charge in [-0.2, -0.15) is 0 Å². The van der Waals surface area contributed by atoms with E-state index in [0.717, 1.165) is 17.4 Å². The van der Waals surface area contributed by atoms with Gasteiger partial charge in [-0.05, 0) is 31.3 Å². The maximum absolute atomic E-state index is 12.9. The largest absolute Gasteiger partial charge is 0.490 e. The molecule has 0 saturated carbocycles. The summed E-state index contributed by atoms with van der Waals surface area (Å²) in [6.45, 7) is 1.23. The molecule has 0 fully saturated rings. The van der Waals surface area contributed by atoms with Crippen molar-refractivity contribution in [1.29, 1.82) is 0 Å². The molecule has 7 heteroatoms. The first-order valence-electron chi connectivity index (χ1n) is 7.71. The molecule has 134 valence electrons. The van der Waals surface area contributed by atoms with Gasteiger partial charge in [-0.25, -0.2) is 8.42 Å². The minimum atomic E-state index is -3.58. The molecule has 0 saturated heterocycles. The summed E-state index contributed by atoms with van der Waals surface area (Å²) < 4.78 is 33.3. The van der Waals surface area contributed by atoms with Crippen molar-refractivity contribution in [3.05, 3.63) is 54.6 Å². The Morgan fingerprint density at radius 3 is 2.48 bits per heavy atom. The lowest BCUT2D eigenvalue weighted by atomic mass is 10.2. The smallest absolute Gasteiger partial charge is 0.222 e. The lowest BCUT2D eigenvalue weighted by molar-refractivity contribution is 0.321. The first-order valence-corrected chi connectivity index (χ1v) is 9.20. The molecule has 0 amide bonds. The number of para-hydroxylation sites is 1. The molecule has 0 spiro atoms. The highest BCUT2D eigenvalue weighted by Crippen LogP contribution is 2.32. The number of rotatable bonds is 6. The molecule has 1 aromatic heterocycles. The zero-order valence-corrected chi connectivity index (χ0v) is 15.7. The van der Waals surface area contributed by atoms with Crippen LogP contribution in [0.2, 0.25) is 0 Å². The number of ether oxygens (including phenoxy) is 1. The summed E-state index contributed by atoms with van der Waals surface area (Å²) in [5.41, 5.74) is 0.781. The molecule has 5 nitrogen and oxygen atoms in total. The molecular weight excluding hydrogens is 360 g/mol. The molecule has 0 radical (unpaired) electrons. The van der Waals surface area contributed by atoms with Crippen LogP contribution in [0.15, 0.2) is 64.5 Å². The molecule has 0 unspecified atom stereocenters. The molecule has 1 heterocycles. The molecule has 2 aromatic carbocycles.